The van der Waals surface area contributed by atoms with Gasteiger partial charge in [0.05, 0.1) is 6.04 Å². The molecule has 1 unspecified atom stereocenters. The zero-order chi connectivity index (χ0) is 26.0. The van der Waals surface area contributed by atoms with Gasteiger partial charge in [0.25, 0.3) is 0 Å². The largest absolute Gasteiger partial charge is 0.352 e. The maximum atomic E-state index is 14.5. The minimum atomic E-state index is -1.50. The summed E-state index contributed by atoms with van der Waals surface area (Å²) in [4.78, 5) is 45.6. The molecule has 4 aromatic rings. The third kappa shape index (κ3) is 2.95. The van der Waals surface area contributed by atoms with Gasteiger partial charge in [-0.3, -0.25) is 14.4 Å². The van der Waals surface area contributed by atoms with Crippen LogP contribution >= 0.6 is 11.6 Å². The van der Waals surface area contributed by atoms with Crippen LogP contribution in [0.2, 0.25) is 5.02 Å². The lowest BCUT2D eigenvalue weighted by Gasteiger charge is -2.37. The summed E-state index contributed by atoms with van der Waals surface area (Å²) in [7, 11) is 0. The molecule has 38 heavy (non-hydrogen) atoms. The predicted octanol–water partition coefficient (Wildman–Crippen LogP) is 6.66. The average molecular weight is 516 g/mol. The Morgan fingerprint density at radius 1 is 0.737 bits per heavy atom. The Bertz CT molecular complexity index is 1620. The highest BCUT2D eigenvalue weighted by atomic mass is 35.5. The molecule has 1 spiro atoms. The molecule has 184 valence electrons. The summed E-state index contributed by atoms with van der Waals surface area (Å²) in [5.41, 5.74) is 2.37. The molecule has 0 aromatic heterocycles. The zero-order valence-corrected chi connectivity index (χ0v) is 21.0. The van der Waals surface area contributed by atoms with Crippen molar-refractivity contribution in [1.29, 1.82) is 0 Å². The van der Waals surface area contributed by atoms with E-state index in [9.17, 15) is 14.4 Å². The quantitative estimate of drug-likeness (QED) is 0.226. The van der Waals surface area contributed by atoms with Crippen LogP contribution in [0.4, 0.5) is 5.69 Å². The van der Waals surface area contributed by atoms with Crippen molar-refractivity contribution in [2.24, 2.45) is 5.41 Å². The standard InChI is InChI=1S/C33H22ClNO3/c34-23-17-14-21(15-18-23)28-29(30(36)22-9-2-1-3-10-22)35-26-13-7-4-8-20(26)16-19-27(35)33(28)31(37)24-11-5-6-12-25(24)32(33)38/h1-19,27-29H/t27?,28-,29+/m0/s1. The number of ketones is 3. The van der Waals surface area contributed by atoms with Gasteiger partial charge in [-0.25, -0.2) is 0 Å². The summed E-state index contributed by atoms with van der Waals surface area (Å²) < 4.78 is 0. The van der Waals surface area contributed by atoms with E-state index < -0.39 is 23.4 Å². The van der Waals surface area contributed by atoms with Crippen molar-refractivity contribution in [1.82, 2.24) is 0 Å². The molecule has 1 aliphatic carbocycles. The fourth-order valence-electron chi connectivity index (χ4n) is 6.73. The molecule has 5 heteroatoms. The number of anilines is 1. The van der Waals surface area contributed by atoms with Gasteiger partial charge in [0.1, 0.15) is 11.5 Å². The fourth-order valence-corrected chi connectivity index (χ4v) is 6.86. The van der Waals surface area contributed by atoms with Crippen LogP contribution in [0.3, 0.4) is 0 Å². The van der Waals surface area contributed by atoms with E-state index in [1.54, 1.807) is 48.5 Å². The molecule has 7 rings (SSSR count). The van der Waals surface area contributed by atoms with Gasteiger partial charge in [-0.15, -0.1) is 0 Å². The topological polar surface area (TPSA) is 54.5 Å². The lowest BCUT2D eigenvalue weighted by atomic mass is 9.64. The third-order valence-electron chi connectivity index (χ3n) is 8.27. The van der Waals surface area contributed by atoms with Gasteiger partial charge in [0.2, 0.25) is 0 Å². The van der Waals surface area contributed by atoms with E-state index in [-0.39, 0.29) is 17.3 Å². The first-order chi connectivity index (χ1) is 18.5. The summed E-state index contributed by atoms with van der Waals surface area (Å²) in [6.45, 7) is 0. The number of benzene rings is 4. The zero-order valence-electron chi connectivity index (χ0n) is 20.3. The monoisotopic (exact) mass is 515 g/mol. The Kier molecular flexibility index (Phi) is 5.04. The molecule has 0 N–H and O–H groups in total. The number of nitrogens with zero attached hydrogens (tertiary/aromatic N) is 1. The second-order valence-electron chi connectivity index (χ2n) is 10.0. The number of Topliss-reactive ketones (excluding diaryl/α,β-unsaturated/α-hetero) is 3. The molecule has 0 bridgehead atoms. The molecule has 4 aromatic carbocycles. The van der Waals surface area contributed by atoms with Gasteiger partial charge in [-0.2, -0.15) is 0 Å². The highest BCUT2D eigenvalue weighted by Gasteiger charge is 2.71. The van der Waals surface area contributed by atoms with Crippen LogP contribution < -0.4 is 4.90 Å². The minimum absolute atomic E-state index is 0.130. The van der Waals surface area contributed by atoms with Gasteiger partial charge in [-0.05, 0) is 29.3 Å². The first-order valence-electron chi connectivity index (χ1n) is 12.6. The minimum Gasteiger partial charge on any atom is -0.352 e. The third-order valence-corrected chi connectivity index (χ3v) is 8.52. The number of fused-ring (bicyclic) bond motifs is 5. The van der Waals surface area contributed by atoms with E-state index in [1.807, 2.05) is 71.6 Å². The van der Waals surface area contributed by atoms with E-state index in [4.69, 9.17) is 11.6 Å². The number of para-hydroxylation sites is 1. The van der Waals surface area contributed by atoms with Crippen LogP contribution in [-0.4, -0.2) is 29.4 Å². The summed E-state index contributed by atoms with van der Waals surface area (Å²) in [5, 5.41) is 0.544. The van der Waals surface area contributed by atoms with Crippen LogP contribution in [0, 0.1) is 5.41 Å². The Hall–Kier alpha value is -4.28. The molecule has 1 saturated heterocycles. The normalized spacial score (nSPS) is 22.3. The second-order valence-corrected chi connectivity index (χ2v) is 10.5. The van der Waals surface area contributed by atoms with Gasteiger partial charge >= 0.3 is 0 Å². The van der Waals surface area contributed by atoms with Crippen molar-refractivity contribution < 1.29 is 14.4 Å². The molecule has 2 heterocycles. The molecule has 0 amide bonds. The highest BCUT2D eigenvalue weighted by Crippen LogP contribution is 2.60. The fraction of sp³-hybridized carbons (Fsp3) is 0.121. The van der Waals surface area contributed by atoms with Crippen molar-refractivity contribution >= 4 is 40.7 Å². The number of hydrogen-bond donors (Lipinski definition) is 0. The summed E-state index contributed by atoms with van der Waals surface area (Å²) in [6, 6.07) is 29.7. The molecule has 0 saturated carbocycles. The Balaban J connectivity index is 1.55. The van der Waals surface area contributed by atoms with Gasteiger partial charge in [0.15, 0.2) is 17.3 Å². The molecule has 3 atom stereocenters. The van der Waals surface area contributed by atoms with Crippen molar-refractivity contribution in [2.45, 2.75) is 18.0 Å². The number of carbonyl (C=O) groups excluding carboxylic acids is 3. The van der Waals surface area contributed by atoms with Crippen molar-refractivity contribution in [3.63, 3.8) is 0 Å². The molecule has 3 aliphatic rings. The Morgan fingerprint density at radius 3 is 2.03 bits per heavy atom. The van der Waals surface area contributed by atoms with Crippen LogP contribution in [0.15, 0.2) is 109 Å². The SMILES string of the molecule is O=C(c1ccccc1)[C@H]1[C@H](c2ccc(Cl)cc2)C2(C(=O)c3ccccc3C2=O)C2C=Cc3ccccc3N21. The number of rotatable bonds is 3. The van der Waals surface area contributed by atoms with E-state index in [2.05, 4.69) is 0 Å². The van der Waals surface area contributed by atoms with Crippen LogP contribution in [-0.2, 0) is 0 Å². The van der Waals surface area contributed by atoms with Gasteiger partial charge in [-0.1, -0.05) is 109 Å². The lowest BCUT2D eigenvalue weighted by Crippen LogP contribution is -2.48. The summed E-state index contributed by atoms with van der Waals surface area (Å²) in [6.07, 6.45) is 3.90. The van der Waals surface area contributed by atoms with Gasteiger partial charge < -0.3 is 4.90 Å². The van der Waals surface area contributed by atoms with Crippen molar-refractivity contribution in [3.05, 3.63) is 142 Å². The van der Waals surface area contributed by atoms with Crippen LogP contribution in [0.5, 0.6) is 0 Å². The number of halogens is 1. The van der Waals surface area contributed by atoms with E-state index in [0.29, 0.717) is 21.7 Å². The molecule has 1 fully saturated rings. The second kappa shape index (κ2) is 8.37. The maximum Gasteiger partial charge on any atom is 0.185 e. The molecule has 0 radical (unpaired) electrons. The first kappa shape index (κ1) is 22.9. The first-order valence-corrected chi connectivity index (χ1v) is 13.0. The smallest absolute Gasteiger partial charge is 0.185 e. The number of hydrogen-bond acceptors (Lipinski definition) is 4. The predicted molar refractivity (Wildman–Crippen MR) is 148 cm³/mol. The summed E-state index contributed by atoms with van der Waals surface area (Å²) >= 11 is 6.26. The van der Waals surface area contributed by atoms with E-state index in [1.165, 1.54) is 0 Å². The lowest BCUT2D eigenvalue weighted by molar-refractivity contribution is 0.0666. The molecule has 2 aliphatic heterocycles. The van der Waals surface area contributed by atoms with Crippen molar-refractivity contribution in [3.8, 4) is 0 Å². The van der Waals surface area contributed by atoms with Crippen LogP contribution in [0.1, 0.15) is 48.1 Å². The van der Waals surface area contributed by atoms with Crippen molar-refractivity contribution in [2.75, 3.05) is 4.90 Å². The maximum absolute atomic E-state index is 14.5. The molecular weight excluding hydrogens is 494 g/mol. The average Bonchev–Trinajstić information content (AvgIpc) is 3.40. The summed E-state index contributed by atoms with van der Waals surface area (Å²) in [5.74, 6) is -1.34. The molecule has 4 nitrogen and oxygen atoms in total. The van der Waals surface area contributed by atoms with E-state index >= 15 is 0 Å². The highest BCUT2D eigenvalue weighted by molar-refractivity contribution is 6.32. The Labute approximate surface area is 225 Å². The Morgan fingerprint density at radius 2 is 1.34 bits per heavy atom. The van der Waals surface area contributed by atoms with E-state index in [0.717, 1.165) is 16.8 Å². The molecular formula is C33H22ClNO3. The number of carbonyl (C=O) groups is 3. The van der Waals surface area contributed by atoms with Gasteiger partial charge in [0, 0.05) is 33.3 Å². The van der Waals surface area contributed by atoms with Crippen LogP contribution in [0.25, 0.3) is 6.08 Å².